The van der Waals surface area contributed by atoms with Gasteiger partial charge in [0.1, 0.15) is 5.69 Å². The van der Waals surface area contributed by atoms with Gasteiger partial charge in [0.25, 0.3) is 5.91 Å². The molecule has 4 aromatic rings. The Balaban J connectivity index is 1.60. The van der Waals surface area contributed by atoms with Gasteiger partial charge in [-0.05, 0) is 47.5 Å². The first-order valence-electron chi connectivity index (χ1n) is 9.33. The van der Waals surface area contributed by atoms with Crippen LogP contribution in [-0.2, 0) is 17.3 Å². The van der Waals surface area contributed by atoms with Crippen molar-refractivity contribution in [3.8, 4) is 11.1 Å². The Hall–Kier alpha value is -3.52. The van der Waals surface area contributed by atoms with Gasteiger partial charge in [0.15, 0.2) is 11.6 Å². The van der Waals surface area contributed by atoms with Gasteiger partial charge < -0.3 is 5.32 Å². The molecule has 0 aliphatic rings. The van der Waals surface area contributed by atoms with E-state index in [1.54, 1.807) is 48.9 Å². The fourth-order valence-electron chi connectivity index (χ4n) is 3.12. The van der Waals surface area contributed by atoms with Crippen molar-refractivity contribution in [1.29, 1.82) is 0 Å². The number of carbonyl (C=O) groups is 1. The van der Waals surface area contributed by atoms with E-state index in [1.807, 2.05) is 0 Å². The standard InChI is InChI=1S/C23H17F2N3O2S/c1-31(30)17-6-2-14(3-7-17)11-27-23(29)21-9-5-16-12-26-13-18(22(16)28-21)15-4-8-19(24)20(25)10-15/h2-10,12-13H,11H2,1H3,(H,27,29). The number of nitrogens with zero attached hydrogens (tertiary/aromatic N) is 2. The van der Waals surface area contributed by atoms with Gasteiger partial charge in [0.05, 0.1) is 5.52 Å². The molecule has 0 saturated carbocycles. The van der Waals surface area contributed by atoms with Crippen molar-refractivity contribution in [2.45, 2.75) is 11.4 Å². The third-order valence-corrected chi connectivity index (χ3v) is 5.71. The molecule has 156 valence electrons. The van der Waals surface area contributed by atoms with Crippen LogP contribution in [0.25, 0.3) is 22.0 Å². The summed E-state index contributed by atoms with van der Waals surface area (Å²) < 4.78 is 38.5. The number of hydrogen-bond donors (Lipinski definition) is 1. The highest BCUT2D eigenvalue weighted by molar-refractivity contribution is 7.84. The lowest BCUT2D eigenvalue weighted by molar-refractivity contribution is 0.0946. The quantitative estimate of drug-likeness (QED) is 0.507. The number of rotatable bonds is 5. The summed E-state index contributed by atoms with van der Waals surface area (Å²) in [5.41, 5.74) is 2.41. The normalized spacial score (nSPS) is 12.0. The molecule has 1 atom stereocenters. The molecule has 2 heterocycles. The minimum absolute atomic E-state index is 0.189. The molecule has 1 unspecified atom stereocenters. The molecule has 0 spiro atoms. The van der Waals surface area contributed by atoms with Gasteiger partial charge >= 0.3 is 0 Å². The van der Waals surface area contributed by atoms with Crippen LogP contribution in [0.3, 0.4) is 0 Å². The van der Waals surface area contributed by atoms with Crippen molar-refractivity contribution in [3.63, 3.8) is 0 Å². The van der Waals surface area contributed by atoms with E-state index in [-0.39, 0.29) is 18.1 Å². The van der Waals surface area contributed by atoms with E-state index < -0.39 is 22.4 Å². The number of nitrogens with one attached hydrogen (secondary N) is 1. The average Bonchev–Trinajstić information content (AvgIpc) is 2.78. The predicted octanol–water partition coefficient (Wildman–Crippen LogP) is 4.24. The zero-order valence-corrected chi connectivity index (χ0v) is 17.2. The Bertz CT molecular complexity index is 1310. The van der Waals surface area contributed by atoms with Gasteiger partial charge in [-0.1, -0.05) is 18.2 Å². The molecule has 1 amide bonds. The van der Waals surface area contributed by atoms with Crippen LogP contribution in [-0.4, -0.2) is 26.3 Å². The minimum atomic E-state index is -1.06. The first kappa shape index (κ1) is 20.7. The van der Waals surface area contributed by atoms with Gasteiger partial charge in [-0.3, -0.25) is 14.0 Å². The molecule has 0 saturated heterocycles. The van der Waals surface area contributed by atoms with E-state index in [0.717, 1.165) is 17.7 Å². The summed E-state index contributed by atoms with van der Waals surface area (Å²) in [6.07, 6.45) is 4.70. The second kappa shape index (κ2) is 8.69. The van der Waals surface area contributed by atoms with E-state index >= 15 is 0 Å². The summed E-state index contributed by atoms with van der Waals surface area (Å²) >= 11 is 0. The summed E-state index contributed by atoms with van der Waals surface area (Å²) in [6, 6.07) is 14.0. The topological polar surface area (TPSA) is 72.0 Å². The second-order valence-corrected chi connectivity index (χ2v) is 8.24. The van der Waals surface area contributed by atoms with Crippen molar-refractivity contribution >= 4 is 27.6 Å². The SMILES string of the molecule is CS(=O)c1ccc(CNC(=O)c2ccc3cncc(-c4ccc(F)c(F)c4)c3n2)cc1. The van der Waals surface area contributed by atoms with Gasteiger partial charge in [-0.15, -0.1) is 0 Å². The molecule has 2 aromatic heterocycles. The summed E-state index contributed by atoms with van der Waals surface area (Å²) in [6.45, 7) is 0.279. The maximum atomic E-state index is 13.7. The highest BCUT2D eigenvalue weighted by Crippen LogP contribution is 2.27. The van der Waals surface area contributed by atoms with E-state index in [0.29, 0.717) is 26.9 Å². The molecule has 0 fully saturated rings. The molecule has 1 N–H and O–H groups in total. The van der Waals surface area contributed by atoms with Crippen molar-refractivity contribution in [2.75, 3.05) is 6.26 Å². The number of pyridine rings is 2. The number of amides is 1. The number of hydrogen-bond acceptors (Lipinski definition) is 4. The zero-order chi connectivity index (χ0) is 22.0. The van der Waals surface area contributed by atoms with Crippen LogP contribution in [0.5, 0.6) is 0 Å². The number of benzene rings is 2. The zero-order valence-electron chi connectivity index (χ0n) is 16.4. The van der Waals surface area contributed by atoms with Crippen LogP contribution < -0.4 is 5.32 Å². The number of aromatic nitrogens is 2. The monoisotopic (exact) mass is 437 g/mol. The van der Waals surface area contributed by atoms with Gasteiger partial charge in [0.2, 0.25) is 0 Å². The van der Waals surface area contributed by atoms with Crippen LogP contribution in [0.2, 0.25) is 0 Å². The van der Waals surface area contributed by atoms with E-state index in [1.165, 1.54) is 12.3 Å². The van der Waals surface area contributed by atoms with Crippen LogP contribution >= 0.6 is 0 Å². The summed E-state index contributed by atoms with van der Waals surface area (Å²) in [5.74, 6) is -2.29. The third kappa shape index (κ3) is 4.49. The van der Waals surface area contributed by atoms with Crippen LogP contribution in [0.1, 0.15) is 16.1 Å². The maximum absolute atomic E-state index is 13.7. The van der Waals surface area contributed by atoms with Gasteiger partial charge in [-0.25, -0.2) is 13.8 Å². The second-order valence-electron chi connectivity index (χ2n) is 6.86. The van der Waals surface area contributed by atoms with Crippen LogP contribution in [0.4, 0.5) is 8.78 Å². The number of carbonyl (C=O) groups excluding carboxylic acids is 1. The van der Waals surface area contributed by atoms with Crippen molar-refractivity contribution in [3.05, 3.63) is 89.9 Å². The van der Waals surface area contributed by atoms with Crippen LogP contribution in [0, 0.1) is 11.6 Å². The Morgan fingerprint density at radius 2 is 1.77 bits per heavy atom. The van der Waals surface area contributed by atoms with Crippen molar-refractivity contribution < 1.29 is 17.8 Å². The van der Waals surface area contributed by atoms with E-state index in [2.05, 4.69) is 15.3 Å². The third-order valence-electron chi connectivity index (χ3n) is 4.77. The molecular formula is C23H17F2N3O2S. The lowest BCUT2D eigenvalue weighted by Gasteiger charge is -2.09. The molecule has 0 aliphatic heterocycles. The van der Waals surface area contributed by atoms with Crippen molar-refractivity contribution in [2.24, 2.45) is 0 Å². The molecule has 5 nitrogen and oxygen atoms in total. The Labute approximate surface area is 179 Å². The maximum Gasteiger partial charge on any atom is 0.270 e. The first-order chi connectivity index (χ1) is 14.9. The molecule has 0 aliphatic carbocycles. The lowest BCUT2D eigenvalue weighted by atomic mass is 10.0. The Morgan fingerprint density at radius 1 is 1.00 bits per heavy atom. The average molecular weight is 437 g/mol. The summed E-state index contributed by atoms with van der Waals surface area (Å²) in [4.78, 5) is 21.9. The number of fused-ring (bicyclic) bond motifs is 1. The lowest BCUT2D eigenvalue weighted by Crippen LogP contribution is -2.23. The van der Waals surface area contributed by atoms with Crippen LogP contribution in [0.15, 0.2) is 71.9 Å². The predicted molar refractivity (Wildman–Crippen MR) is 115 cm³/mol. The summed E-state index contributed by atoms with van der Waals surface area (Å²) in [5, 5.41) is 3.47. The summed E-state index contributed by atoms with van der Waals surface area (Å²) in [7, 11) is -1.06. The fourth-order valence-corrected chi connectivity index (χ4v) is 3.64. The largest absolute Gasteiger partial charge is 0.347 e. The van der Waals surface area contributed by atoms with Crippen molar-refractivity contribution in [1.82, 2.24) is 15.3 Å². The smallest absolute Gasteiger partial charge is 0.270 e. The highest BCUT2D eigenvalue weighted by atomic mass is 32.2. The molecule has 2 aromatic carbocycles. The van der Waals surface area contributed by atoms with E-state index in [4.69, 9.17) is 0 Å². The first-order valence-corrected chi connectivity index (χ1v) is 10.9. The molecule has 8 heteroatoms. The number of halogens is 2. The molecule has 4 rings (SSSR count). The minimum Gasteiger partial charge on any atom is -0.347 e. The Kier molecular flexibility index (Phi) is 5.81. The van der Waals surface area contributed by atoms with Gasteiger partial charge in [0, 0.05) is 51.8 Å². The molecular weight excluding hydrogens is 420 g/mol. The van der Waals surface area contributed by atoms with Gasteiger partial charge in [-0.2, -0.15) is 0 Å². The molecule has 31 heavy (non-hydrogen) atoms. The Morgan fingerprint density at radius 3 is 2.48 bits per heavy atom. The molecule has 0 bridgehead atoms. The molecule has 0 radical (unpaired) electrons. The van der Waals surface area contributed by atoms with E-state index in [9.17, 15) is 17.8 Å². The fraction of sp³-hybridized carbons (Fsp3) is 0.0870. The highest BCUT2D eigenvalue weighted by Gasteiger charge is 2.13.